The van der Waals surface area contributed by atoms with Crippen LogP contribution in [0.25, 0.3) is 0 Å². The summed E-state index contributed by atoms with van der Waals surface area (Å²) in [4.78, 5) is 0. The number of likely N-dealkylation sites (tertiary alicyclic amines) is 1. The maximum absolute atomic E-state index is 2.50. The molecule has 96 valence electrons. The Labute approximate surface area is 103 Å². The molecule has 1 nitrogen and oxygen atoms in total. The number of rotatable bonds is 6. The van der Waals surface area contributed by atoms with Crippen LogP contribution in [0.2, 0.25) is 0 Å². The zero-order valence-electron chi connectivity index (χ0n) is 11.8. The number of unbranched alkanes of at least 4 members (excludes halogenated alkanes) is 2. The largest absolute Gasteiger partial charge is 0.322 e. The first-order valence-corrected chi connectivity index (χ1v) is 7.61. The van der Waals surface area contributed by atoms with Gasteiger partial charge in [-0.2, -0.15) is 0 Å². The van der Waals surface area contributed by atoms with Crippen molar-refractivity contribution in [2.45, 2.75) is 78.2 Å². The van der Waals surface area contributed by atoms with Gasteiger partial charge in [0.25, 0.3) is 0 Å². The lowest BCUT2D eigenvalue weighted by atomic mass is 10.0. The number of hydrogen-bond donors (Lipinski definition) is 0. The van der Waals surface area contributed by atoms with Crippen LogP contribution in [0, 0.1) is 0 Å². The zero-order chi connectivity index (χ0) is 11.9. The Kier molecular flexibility index (Phi) is 6.41. The molecule has 1 atom stereocenters. The highest BCUT2D eigenvalue weighted by Gasteiger charge is 2.32. The molecule has 0 radical (unpaired) electrons. The second-order valence-electron chi connectivity index (χ2n) is 5.74. The maximum atomic E-state index is 2.50. The molecular formula is C15H32N+. The molecule has 1 aliphatic rings. The summed E-state index contributed by atoms with van der Waals surface area (Å²) >= 11 is 0. The Morgan fingerprint density at radius 1 is 0.938 bits per heavy atom. The van der Waals surface area contributed by atoms with Gasteiger partial charge in [0.1, 0.15) is 0 Å². The Morgan fingerprint density at radius 3 is 2.06 bits per heavy atom. The van der Waals surface area contributed by atoms with Gasteiger partial charge in [0.15, 0.2) is 0 Å². The Bertz CT molecular complexity index is 168. The highest BCUT2D eigenvalue weighted by molar-refractivity contribution is 4.60. The Hall–Kier alpha value is -0.0400. The summed E-state index contributed by atoms with van der Waals surface area (Å²) in [6, 6.07) is 0.898. The van der Waals surface area contributed by atoms with Crippen LogP contribution in [-0.4, -0.2) is 30.2 Å². The van der Waals surface area contributed by atoms with E-state index in [2.05, 4.69) is 20.8 Å². The van der Waals surface area contributed by atoms with E-state index in [0.29, 0.717) is 0 Å². The molecule has 0 amide bonds. The molecule has 1 rings (SSSR count). The van der Waals surface area contributed by atoms with Crippen LogP contribution in [0.4, 0.5) is 0 Å². The van der Waals surface area contributed by atoms with Crippen molar-refractivity contribution in [3.8, 4) is 0 Å². The predicted octanol–water partition coefficient (Wildman–Crippen LogP) is 4.37. The third kappa shape index (κ3) is 3.76. The van der Waals surface area contributed by atoms with Crippen LogP contribution < -0.4 is 0 Å². The van der Waals surface area contributed by atoms with Gasteiger partial charge in [-0.25, -0.2) is 0 Å². The molecule has 0 aromatic rings. The molecule has 1 unspecified atom stereocenters. The first-order valence-electron chi connectivity index (χ1n) is 7.61. The molecule has 0 N–H and O–H groups in total. The van der Waals surface area contributed by atoms with Crippen LogP contribution in [0.1, 0.15) is 72.1 Å². The molecular weight excluding hydrogens is 194 g/mol. The lowest BCUT2D eigenvalue weighted by Gasteiger charge is -2.42. The van der Waals surface area contributed by atoms with E-state index in [9.17, 15) is 0 Å². The standard InChI is InChI=1S/C15H32N/c1-4-6-9-12-15(3)16(5-2)13-10-7-8-11-14-16/h15H,4-14H2,1-3H3/q+1. The topological polar surface area (TPSA) is 0 Å². The van der Waals surface area contributed by atoms with Gasteiger partial charge in [-0.05, 0) is 52.4 Å². The van der Waals surface area contributed by atoms with Gasteiger partial charge in [-0.1, -0.05) is 19.8 Å². The normalized spacial score (nSPS) is 22.7. The number of hydrogen-bond acceptors (Lipinski definition) is 0. The lowest BCUT2D eigenvalue weighted by molar-refractivity contribution is -0.947. The van der Waals surface area contributed by atoms with Gasteiger partial charge in [0.2, 0.25) is 0 Å². The summed E-state index contributed by atoms with van der Waals surface area (Å²) in [5.41, 5.74) is 0. The van der Waals surface area contributed by atoms with Gasteiger partial charge < -0.3 is 4.48 Å². The minimum Gasteiger partial charge on any atom is -0.322 e. The Balaban J connectivity index is 2.48. The van der Waals surface area contributed by atoms with Crippen LogP contribution in [-0.2, 0) is 0 Å². The average molecular weight is 226 g/mol. The van der Waals surface area contributed by atoms with E-state index in [4.69, 9.17) is 0 Å². The van der Waals surface area contributed by atoms with Gasteiger partial charge in [0.05, 0.1) is 25.7 Å². The van der Waals surface area contributed by atoms with E-state index in [-0.39, 0.29) is 0 Å². The third-order valence-electron chi connectivity index (χ3n) is 4.75. The number of nitrogens with zero attached hydrogens (tertiary/aromatic N) is 1. The van der Waals surface area contributed by atoms with Crippen molar-refractivity contribution in [1.82, 2.24) is 0 Å². The highest BCUT2D eigenvalue weighted by Crippen LogP contribution is 2.25. The second-order valence-corrected chi connectivity index (χ2v) is 5.74. The van der Waals surface area contributed by atoms with Gasteiger partial charge in [-0.3, -0.25) is 0 Å². The van der Waals surface area contributed by atoms with Gasteiger partial charge in [0, 0.05) is 0 Å². The lowest BCUT2D eigenvalue weighted by Crippen LogP contribution is -2.54. The van der Waals surface area contributed by atoms with Crippen LogP contribution >= 0.6 is 0 Å². The molecule has 0 spiro atoms. The van der Waals surface area contributed by atoms with E-state index in [0.717, 1.165) is 6.04 Å². The predicted molar refractivity (Wildman–Crippen MR) is 72.6 cm³/mol. The molecule has 1 fully saturated rings. The third-order valence-corrected chi connectivity index (χ3v) is 4.75. The summed E-state index contributed by atoms with van der Waals surface area (Å²) in [5, 5.41) is 0. The smallest absolute Gasteiger partial charge is 0.0861 e. The minimum absolute atomic E-state index is 0.898. The Morgan fingerprint density at radius 2 is 1.56 bits per heavy atom. The molecule has 0 saturated carbocycles. The van der Waals surface area contributed by atoms with Crippen molar-refractivity contribution in [3.63, 3.8) is 0 Å². The summed E-state index contributed by atoms with van der Waals surface area (Å²) in [5.74, 6) is 0. The quantitative estimate of drug-likeness (QED) is 0.466. The molecule has 1 aliphatic heterocycles. The fraction of sp³-hybridized carbons (Fsp3) is 1.00. The van der Waals surface area contributed by atoms with Crippen molar-refractivity contribution in [1.29, 1.82) is 0 Å². The molecule has 0 bridgehead atoms. The SMILES string of the molecule is CCCCCC(C)[N+]1(CC)CCCCCC1. The van der Waals surface area contributed by atoms with E-state index < -0.39 is 0 Å². The molecule has 1 saturated heterocycles. The van der Waals surface area contributed by atoms with Crippen molar-refractivity contribution in [3.05, 3.63) is 0 Å². The van der Waals surface area contributed by atoms with Crippen LogP contribution in [0.5, 0.6) is 0 Å². The van der Waals surface area contributed by atoms with Crippen LogP contribution in [0.3, 0.4) is 0 Å². The molecule has 1 heterocycles. The van der Waals surface area contributed by atoms with E-state index in [1.165, 1.54) is 75.5 Å². The molecule has 0 aromatic heterocycles. The molecule has 16 heavy (non-hydrogen) atoms. The maximum Gasteiger partial charge on any atom is 0.0861 e. The van der Waals surface area contributed by atoms with Crippen molar-refractivity contribution in [2.75, 3.05) is 19.6 Å². The van der Waals surface area contributed by atoms with E-state index in [1.54, 1.807) is 0 Å². The summed E-state index contributed by atoms with van der Waals surface area (Å²) in [6.45, 7) is 11.5. The van der Waals surface area contributed by atoms with E-state index in [1.807, 2.05) is 0 Å². The average Bonchev–Trinajstić information content (AvgIpc) is 2.55. The zero-order valence-corrected chi connectivity index (χ0v) is 11.8. The molecule has 0 aromatic carbocycles. The summed E-state index contributed by atoms with van der Waals surface area (Å²) in [7, 11) is 0. The second kappa shape index (κ2) is 7.32. The fourth-order valence-electron chi connectivity index (χ4n) is 3.35. The van der Waals surface area contributed by atoms with Crippen molar-refractivity contribution in [2.24, 2.45) is 0 Å². The minimum atomic E-state index is 0.898. The van der Waals surface area contributed by atoms with E-state index >= 15 is 0 Å². The monoisotopic (exact) mass is 226 g/mol. The van der Waals surface area contributed by atoms with Crippen LogP contribution in [0.15, 0.2) is 0 Å². The first-order chi connectivity index (χ1) is 7.75. The summed E-state index contributed by atoms with van der Waals surface area (Å²) in [6.07, 6.45) is 11.5. The summed E-state index contributed by atoms with van der Waals surface area (Å²) < 4.78 is 1.42. The molecule has 0 aliphatic carbocycles. The fourth-order valence-corrected chi connectivity index (χ4v) is 3.35. The number of quaternary nitrogens is 1. The first kappa shape index (κ1) is 14.0. The van der Waals surface area contributed by atoms with Gasteiger partial charge in [-0.15, -0.1) is 0 Å². The van der Waals surface area contributed by atoms with Gasteiger partial charge >= 0.3 is 0 Å². The highest BCUT2D eigenvalue weighted by atomic mass is 15.4. The molecule has 1 heteroatoms. The van der Waals surface area contributed by atoms with Crippen molar-refractivity contribution >= 4 is 0 Å². The van der Waals surface area contributed by atoms with Crippen molar-refractivity contribution < 1.29 is 4.48 Å².